The van der Waals surface area contributed by atoms with Crippen LogP contribution < -0.4 is 0 Å². The summed E-state index contributed by atoms with van der Waals surface area (Å²) in [5.74, 6) is 3.62. The van der Waals surface area contributed by atoms with Crippen molar-refractivity contribution in [3.8, 4) is 0 Å². The predicted molar refractivity (Wildman–Crippen MR) is 118 cm³/mol. The summed E-state index contributed by atoms with van der Waals surface area (Å²) in [6, 6.07) is 0. The highest BCUT2D eigenvalue weighted by Gasteiger charge is 2.30. The maximum absolute atomic E-state index is 12.2. The minimum absolute atomic E-state index is 0.571. The van der Waals surface area contributed by atoms with Crippen molar-refractivity contribution in [2.75, 3.05) is 0 Å². The van der Waals surface area contributed by atoms with Crippen LogP contribution in [0.4, 0.5) is 8.78 Å². The fraction of sp³-hybridized carbons (Fsp3) is 0.923. The molecule has 2 rings (SSSR count). The van der Waals surface area contributed by atoms with Crippen LogP contribution in [0.2, 0.25) is 0 Å². The molecule has 2 aliphatic rings. The van der Waals surface area contributed by atoms with E-state index in [9.17, 15) is 8.78 Å². The third-order valence-electron chi connectivity index (χ3n) is 7.79. The lowest BCUT2D eigenvalue weighted by atomic mass is 9.68. The zero-order valence-corrected chi connectivity index (χ0v) is 18.6. The van der Waals surface area contributed by atoms with Crippen molar-refractivity contribution in [2.24, 2.45) is 23.7 Å². The average molecular weight is 397 g/mol. The minimum atomic E-state index is -1.50. The van der Waals surface area contributed by atoms with E-state index < -0.39 is 6.08 Å². The number of allylic oxidation sites excluding steroid dienone is 1. The largest absolute Gasteiger partial charge is 0.266 e. The second kappa shape index (κ2) is 14.6. The molecule has 2 aliphatic carbocycles. The highest BCUT2D eigenvalue weighted by Crippen LogP contribution is 2.43. The highest BCUT2D eigenvalue weighted by atomic mass is 19.3. The molecular weight excluding hydrogens is 350 g/mol. The van der Waals surface area contributed by atoms with Gasteiger partial charge in [-0.3, -0.25) is 0 Å². The maximum atomic E-state index is 12.2. The first kappa shape index (κ1) is 23.9. The fourth-order valence-electron chi connectivity index (χ4n) is 5.89. The van der Waals surface area contributed by atoms with E-state index in [1.807, 2.05) is 0 Å². The molecule has 0 atom stereocenters. The van der Waals surface area contributed by atoms with Gasteiger partial charge >= 0.3 is 0 Å². The van der Waals surface area contributed by atoms with E-state index in [1.54, 1.807) is 0 Å². The van der Waals surface area contributed by atoms with E-state index in [0.29, 0.717) is 12.3 Å². The van der Waals surface area contributed by atoms with Crippen molar-refractivity contribution in [3.63, 3.8) is 0 Å². The van der Waals surface area contributed by atoms with Gasteiger partial charge in [-0.1, -0.05) is 90.4 Å². The van der Waals surface area contributed by atoms with Crippen LogP contribution in [0.1, 0.15) is 129 Å². The van der Waals surface area contributed by atoms with Crippen LogP contribution in [-0.2, 0) is 0 Å². The molecule has 2 fully saturated rings. The Morgan fingerprint density at radius 1 is 0.643 bits per heavy atom. The first-order valence-electron chi connectivity index (χ1n) is 12.7. The van der Waals surface area contributed by atoms with Crippen molar-refractivity contribution in [1.29, 1.82) is 0 Å². The quantitative estimate of drug-likeness (QED) is 0.272. The average Bonchev–Trinajstić information content (AvgIpc) is 2.71. The summed E-state index contributed by atoms with van der Waals surface area (Å²) >= 11 is 0. The van der Waals surface area contributed by atoms with Crippen molar-refractivity contribution in [1.82, 2.24) is 0 Å². The van der Waals surface area contributed by atoms with E-state index in [4.69, 9.17) is 0 Å². The van der Waals surface area contributed by atoms with Gasteiger partial charge < -0.3 is 0 Å². The SMILES string of the molecule is CCCCCCCCCCC1CCC(C2CCC(CCC=C(F)F)CC2)CC1. The number of unbranched alkanes of at least 4 members (excludes halogenated alkanes) is 7. The number of hydrogen-bond acceptors (Lipinski definition) is 0. The molecule has 0 amide bonds. The topological polar surface area (TPSA) is 0 Å². The van der Waals surface area contributed by atoms with Crippen LogP contribution in [0.3, 0.4) is 0 Å². The van der Waals surface area contributed by atoms with Crippen molar-refractivity contribution in [2.45, 2.75) is 129 Å². The van der Waals surface area contributed by atoms with Crippen LogP contribution >= 0.6 is 0 Å². The summed E-state index contributed by atoms with van der Waals surface area (Å²) in [6.07, 6.45) is 25.3. The first-order chi connectivity index (χ1) is 13.7. The summed E-state index contributed by atoms with van der Waals surface area (Å²) in [5, 5.41) is 0. The van der Waals surface area contributed by atoms with Crippen LogP contribution in [0.15, 0.2) is 12.2 Å². The monoisotopic (exact) mass is 396 g/mol. The first-order valence-corrected chi connectivity index (χ1v) is 12.7. The molecule has 0 radical (unpaired) electrons. The van der Waals surface area contributed by atoms with Crippen LogP contribution in [-0.4, -0.2) is 0 Å². The Morgan fingerprint density at radius 3 is 1.61 bits per heavy atom. The lowest BCUT2D eigenvalue weighted by molar-refractivity contribution is 0.140. The Kier molecular flexibility index (Phi) is 12.4. The minimum Gasteiger partial charge on any atom is -0.174 e. The van der Waals surface area contributed by atoms with Gasteiger partial charge in [0.25, 0.3) is 6.08 Å². The van der Waals surface area contributed by atoms with Crippen molar-refractivity contribution in [3.05, 3.63) is 12.2 Å². The van der Waals surface area contributed by atoms with Crippen LogP contribution in [0.25, 0.3) is 0 Å². The molecule has 164 valence electrons. The lowest BCUT2D eigenvalue weighted by Crippen LogP contribution is -2.25. The van der Waals surface area contributed by atoms with Gasteiger partial charge in [0.05, 0.1) is 0 Å². The molecule has 0 unspecified atom stereocenters. The van der Waals surface area contributed by atoms with Gasteiger partial charge in [-0.15, -0.1) is 0 Å². The van der Waals surface area contributed by atoms with E-state index in [2.05, 4.69) is 6.92 Å². The molecule has 2 saturated carbocycles. The second-order valence-corrected chi connectivity index (χ2v) is 9.90. The van der Waals surface area contributed by atoms with E-state index in [0.717, 1.165) is 30.3 Å². The highest BCUT2D eigenvalue weighted by molar-refractivity contribution is 4.85. The van der Waals surface area contributed by atoms with Gasteiger partial charge in [0.15, 0.2) is 0 Å². The Hall–Kier alpha value is -0.400. The van der Waals surface area contributed by atoms with Crippen LogP contribution in [0, 0.1) is 23.7 Å². The van der Waals surface area contributed by atoms with Crippen LogP contribution in [0.5, 0.6) is 0 Å². The summed E-state index contributed by atoms with van der Waals surface area (Å²) in [4.78, 5) is 0. The van der Waals surface area contributed by atoms with Gasteiger partial charge in [-0.05, 0) is 68.3 Å². The summed E-state index contributed by atoms with van der Waals surface area (Å²) in [6.45, 7) is 2.29. The van der Waals surface area contributed by atoms with E-state index in [-0.39, 0.29) is 0 Å². The molecule has 0 nitrogen and oxygen atoms in total. The second-order valence-electron chi connectivity index (χ2n) is 9.90. The molecule has 2 heteroatoms. The van der Waals surface area contributed by atoms with E-state index >= 15 is 0 Å². The third kappa shape index (κ3) is 9.88. The van der Waals surface area contributed by atoms with Crippen molar-refractivity contribution < 1.29 is 8.78 Å². The summed E-state index contributed by atoms with van der Waals surface area (Å²) in [5.41, 5.74) is 0. The molecule has 0 aliphatic heterocycles. The third-order valence-corrected chi connectivity index (χ3v) is 7.79. The molecule has 0 bridgehead atoms. The van der Waals surface area contributed by atoms with Gasteiger partial charge in [0.2, 0.25) is 0 Å². The predicted octanol–water partition coefficient (Wildman–Crippen LogP) is 9.69. The van der Waals surface area contributed by atoms with Gasteiger partial charge in [0, 0.05) is 0 Å². The summed E-state index contributed by atoms with van der Waals surface area (Å²) < 4.78 is 24.3. The van der Waals surface area contributed by atoms with Crippen molar-refractivity contribution >= 4 is 0 Å². The molecule has 28 heavy (non-hydrogen) atoms. The smallest absolute Gasteiger partial charge is 0.174 e. The van der Waals surface area contributed by atoms with Gasteiger partial charge in [-0.2, -0.15) is 8.78 Å². The molecule has 0 heterocycles. The Bertz CT molecular complexity index is 397. The Labute approximate surface area is 173 Å². The Morgan fingerprint density at radius 2 is 1.11 bits per heavy atom. The molecular formula is C26H46F2. The standard InChI is InChI=1S/C26H46F2/c1-2-3-4-5-6-7-8-9-11-22-14-18-24(19-15-22)25-20-16-23(17-21-25)12-10-13-26(27)28/h13,22-25H,2-12,14-21H2,1H3. The maximum Gasteiger partial charge on any atom is 0.266 e. The van der Waals surface area contributed by atoms with Gasteiger partial charge in [-0.25, -0.2) is 0 Å². The Balaban J connectivity index is 1.48. The molecule has 0 N–H and O–H groups in total. The zero-order chi connectivity index (χ0) is 20.0. The number of halogens is 2. The zero-order valence-electron chi connectivity index (χ0n) is 18.6. The molecule has 0 spiro atoms. The van der Waals surface area contributed by atoms with Gasteiger partial charge in [0.1, 0.15) is 0 Å². The number of hydrogen-bond donors (Lipinski definition) is 0. The lowest BCUT2D eigenvalue weighted by Gasteiger charge is -2.38. The molecule has 0 aromatic carbocycles. The summed E-state index contributed by atoms with van der Waals surface area (Å²) in [7, 11) is 0. The fourth-order valence-corrected chi connectivity index (χ4v) is 5.89. The van der Waals surface area contributed by atoms with E-state index in [1.165, 1.54) is 109 Å². The molecule has 0 aromatic rings. The molecule has 0 aromatic heterocycles. The number of rotatable bonds is 13. The normalized spacial score (nSPS) is 28.2. The molecule has 0 saturated heterocycles.